The lowest BCUT2D eigenvalue weighted by atomic mass is 10.1. The number of aryl methyl sites for hydroxylation is 1. The van der Waals surface area contributed by atoms with E-state index in [1.165, 1.54) is 11.1 Å². The molecule has 1 aliphatic carbocycles. The van der Waals surface area contributed by atoms with Gasteiger partial charge in [0.05, 0.1) is 16.1 Å². The summed E-state index contributed by atoms with van der Waals surface area (Å²) in [6.07, 6.45) is 2.04. The van der Waals surface area contributed by atoms with Crippen LogP contribution in [0.1, 0.15) is 34.7 Å². The van der Waals surface area contributed by atoms with E-state index in [1.807, 2.05) is 11.0 Å². The lowest BCUT2D eigenvalue weighted by Gasteiger charge is -2.24. The Morgan fingerprint density at radius 2 is 1.68 bits per heavy atom. The Hall–Kier alpha value is -1.69. The van der Waals surface area contributed by atoms with Crippen LogP contribution in [-0.2, 0) is 19.5 Å². The molecule has 0 aromatic heterocycles. The largest absolute Gasteiger partial charge is 0.503 e. The molecule has 0 amide bonds. The number of hydrogen-bond acceptors (Lipinski definition) is 3. The Labute approximate surface area is 161 Å². The Morgan fingerprint density at radius 3 is 2.32 bits per heavy atom. The first-order chi connectivity index (χ1) is 12.0. The molecule has 1 aliphatic heterocycles. The van der Waals surface area contributed by atoms with Crippen LogP contribution >= 0.6 is 35.4 Å². The topological polar surface area (TPSA) is 55.7 Å². The van der Waals surface area contributed by atoms with E-state index in [0.717, 1.165) is 12.8 Å². The van der Waals surface area contributed by atoms with Crippen molar-refractivity contribution >= 4 is 40.5 Å². The van der Waals surface area contributed by atoms with E-state index in [9.17, 15) is 10.2 Å². The zero-order valence-corrected chi connectivity index (χ0v) is 15.5. The van der Waals surface area contributed by atoms with Crippen molar-refractivity contribution in [2.24, 2.45) is 0 Å². The summed E-state index contributed by atoms with van der Waals surface area (Å²) < 4.78 is 0. The monoisotopic (exact) mass is 394 g/mol. The quantitative estimate of drug-likeness (QED) is 0.497. The maximum atomic E-state index is 9.88. The highest BCUT2D eigenvalue weighted by atomic mass is 35.5. The summed E-state index contributed by atoms with van der Waals surface area (Å²) in [6.45, 7) is 0.893. The van der Waals surface area contributed by atoms with Crippen LogP contribution in [0, 0.1) is 0 Å². The van der Waals surface area contributed by atoms with E-state index in [4.69, 9.17) is 35.4 Å². The molecule has 0 saturated carbocycles. The average Bonchev–Trinajstić information content (AvgIpc) is 3.23. The average molecular weight is 395 g/mol. The fourth-order valence-corrected chi connectivity index (χ4v) is 4.42. The molecule has 2 aromatic rings. The van der Waals surface area contributed by atoms with Crippen LogP contribution in [-0.4, -0.2) is 20.2 Å². The number of nitrogens with one attached hydrogen (secondary N) is 1. The van der Waals surface area contributed by atoms with E-state index in [-0.39, 0.29) is 27.6 Å². The zero-order chi connectivity index (χ0) is 17.7. The van der Waals surface area contributed by atoms with Crippen molar-refractivity contribution in [2.75, 3.05) is 0 Å². The maximum absolute atomic E-state index is 9.88. The van der Waals surface area contributed by atoms with Gasteiger partial charge in [0.1, 0.15) is 0 Å². The van der Waals surface area contributed by atoms with Gasteiger partial charge in [0.25, 0.3) is 0 Å². The molecule has 0 fully saturated rings. The first kappa shape index (κ1) is 16.8. The summed E-state index contributed by atoms with van der Waals surface area (Å²) in [7, 11) is 0. The summed E-state index contributed by atoms with van der Waals surface area (Å²) >= 11 is 17.9. The number of phenolic OH excluding ortho intramolecular Hbond substituents is 2. The lowest BCUT2D eigenvalue weighted by Crippen LogP contribution is -2.37. The molecule has 2 aliphatic rings. The van der Waals surface area contributed by atoms with E-state index >= 15 is 0 Å². The second kappa shape index (κ2) is 6.24. The number of benzene rings is 2. The highest BCUT2D eigenvalue weighted by Crippen LogP contribution is 2.47. The number of rotatable bonds is 1. The van der Waals surface area contributed by atoms with E-state index in [0.29, 0.717) is 29.3 Å². The minimum atomic E-state index is -0.379. The van der Waals surface area contributed by atoms with Gasteiger partial charge in [0, 0.05) is 24.2 Å². The normalized spacial score (nSPS) is 18.2. The summed E-state index contributed by atoms with van der Waals surface area (Å²) in [6, 6.07) is 8.57. The van der Waals surface area contributed by atoms with E-state index < -0.39 is 0 Å². The Kier molecular flexibility index (Phi) is 4.18. The number of phenols is 2. The van der Waals surface area contributed by atoms with Gasteiger partial charge in [-0.15, -0.1) is 0 Å². The van der Waals surface area contributed by atoms with Gasteiger partial charge in [-0.3, -0.25) is 0 Å². The number of thiocarbonyl (C=S) groups is 1. The molecule has 1 atom stereocenters. The third kappa shape index (κ3) is 2.71. The summed E-state index contributed by atoms with van der Waals surface area (Å²) in [5.41, 5.74) is 4.05. The molecule has 130 valence electrons. The third-order valence-electron chi connectivity index (χ3n) is 4.95. The van der Waals surface area contributed by atoms with Crippen molar-refractivity contribution in [1.29, 1.82) is 0 Å². The van der Waals surface area contributed by atoms with Gasteiger partial charge in [-0.2, -0.15) is 0 Å². The summed E-state index contributed by atoms with van der Waals surface area (Å²) in [5, 5.41) is 24.1. The maximum Gasteiger partial charge on any atom is 0.178 e. The van der Waals surface area contributed by atoms with Crippen LogP contribution in [0.5, 0.6) is 11.5 Å². The molecule has 4 rings (SSSR count). The van der Waals surface area contributed by atoms with Gasteiger partial charge in [0.15, 0.2) is 16.6 Å². The fourth-order valence-electron chi connectivity index (χ4n) is 3.62. The van der Waals surface area contributed by atoms with Crippen LogP contribution in [0.3, 0.4) is 0 Å². The molecular weight excluding hydrogens is 379 g/mol. The van der Waals surface area contributed by atoms with Crippen LogP contribution in [0.15, 0.2) is 24.3 Å². The van der Waals surface area contributed by atoms with E-state index in [1.54, 1.807) is 0 Å². The first-order valence-electron chi connectivity index (χ1n) is 8.01. The Bertz CT molecular complexity index is 851. The number of fused-ring (bicyclic) bond motifs is 2. The minimum absolute atomic E-state index is 0.133. The predicted octanol–water partition coefficient (Wildman–Crippen LogP) is 4.28. The van der Waals surface area contributed by atoms with Crippen molar-refractivity contribution in [3.05, 3.63) is 56.6 Å². The number of halogens is 2. The molecule has 2 aromatic carbocycles. The number of aromatic hydroxyl groups is 2. The molecule has 0 unspecified atom stereocenters. The summed E-state index contributed by atoms with van der Waals surface area (Å²) in [5.74, 6) is -0.758. The molecule has 0 saturated heterocycles. The van der Waals surface area contributed by atoms with Gasteiger partial charge >= 0.3 is 0 Å². The molecule has 3 N–H and O–H groups in total. The molecule has 0 spiro atoms. The lowest BCUT2D eigenvalue weighted by molar-refractivity contribution is 0.403. The Balaban J connectivity index is 1.54. The minimum Gasteiger partial charge on any atom is -0.503 e. The van der Waals surface area contributed by atoms with Crippen LogP contribution in [0.25, 0.3) is 0 Å². The SMILES string of the molecule is Oc1c(O)c(Cl)c2c(c1Cl)CN(C(=S)N[C@H]1CCc3ccccc31)C2. The van der Waals surface area contributed by atoms with Gasteiger partial charge in [-0.25, -0.2) is 0 Å². The van der Waals surface area contributed by atoms with Crippen molar-refractivity contribution in [1.82, 2.24) is 10.2 Å². The van der Waals surface area contributed by atoms with Gasteiger partial charge < -0.3 is 20.4 Å². The predicted molar refractivity (Wildman–Crippen MR) is 102 cm³/mol. The van der Waals surface area contributed by atoms with Gasteiger partial charge in [-0.05, 0) is 36.2 Å². The first-order valence-corrected chi connectivity index (χ1v) is 9.17. The van der Waals surface area contributed by atoms with Crippen molar-refractivity contribution in [3.8, 4) is 11.5 Å². The smallest absolute Gasteiger partial charge is 0.178 e. The second-order valence-electron chi connectivity index (χ2n) is 6.38. The third-order valence-corrected chi connectivity index (χ3v) is 6.14. The number of nitrogens with zero attached hydrogens (tertiary/aromatic N) is 1. The second-order valence-corrected chi connectivity index (χ2v) is 7.52. The van der Waals surface area contributed by atoms with Crippen molar-refractivity contribution in [3.63, 3.8) is 0 Å². The van der Waals surface area contributed by atoms with Crippen LogP contribution < -0.4 is 5.32 Å². The summed E-state index contributed by atoms with van der Waals surface area (Å²) in [4.78, 5) is 1.94. The van der Waals surface area contributed by atoms with Crippen molar-refractivity contribution in [2.45, 2.75) is 32.0 Å². The molecule has 4 nitrogen and oxygen atoms in total. The number of hydrogen-bond donors (Lipinski definition) is 3. The molecule has 1 heterocycles. The van der Waals surface area contributed by atoms with E-state index in [2.05, 4.69) is 23.5 Å². The van der Waals surface area contributed by atoms with Crippen molar-refractivity contribution < 1.29 is 10.2 Å². The highest BCUT2D eigenvalue weighted by Gasteiger charge is 2.31. The van der Waals surface area contributed by atoms with Crippen LogP contribution in [0.2, 0.25) is 10.0 Å². The molecule has 0 radical (unpaired) electrons. The highest BCUT2D eigenvalue weighted by molar-refractivity contribution is 7.80. The zero-order valence-electron chi connectivity index (χ0n) is 13.2. The van der Waals surface area contributed by atoms with Gasteiger partial charge in [0.2, 0.25) is 0 Å². The molecular formula is C18H16Cl2N2O2S. The molecule has 7 heteroatoms. The fraction of sp³-hybridized carbons (Fsp3) is 0.278. The molecule has 0 bridgehead atoms. The van der Waals surface area contributed by atoms with Gasteiger partial charge in [-0.1, -0.05) is 47.5 Å². The standard InChI is InChI=1S/C18H16Cl2N2O2S/c19-14-11-7-22(8-12(11)15(20)17(24)16(14)23)18(25)21-13-6-5-9-3-1-2-4-10(9)13/h1-4,13,23-24H,5-8H2,(H,21,25)/t13-/m0/s1. The Morgan fingerprint density at radius 1 is 1.08 bits per heavy atom. The molecule has 25 heavy (non-hydrogen) atoms. The van der Waals surface area contributed by atoms with Crippen LogP contribution in [0.4, 0.5) is 0 Å².